The summed E-state index contributed by atoms with van der Waals surface area (Å²) in [6.07, 6.45) is 1.28. The fraction of sp³-hybridized carbons (Fsp3) is 0.611. The van der Waals surface area contributed by atoms with Crippen LogP contribution in [0.4, 0.5) is 0 Å². The van der Waals surface area contributed by atoms with E-state index in [1.807, 2.05) is 0 Å². The number of nitrogens with zero attached hydrogens (tertiary/aromatic N) is 2. The van der Waals surface area contributed by atoms with E-state index in [-0.39, 0.29) is 24.0 Å². The van der Waals surface area contributed by atoms with E-state index in [0.29, 0.717) is 5.92 Å². The van der Waals surface area contributed by atoms with E-state index >= 15 is 0 Å². The molecule has 0 aliphatic carbocycles. The van der Waals surface area contributed by atoms with Crippen LogP contribution >= 0.6 is 24.0 Å². The Morgan fingerprint density at radius 2 is 2.04 bits per heavy atom. The lowest BCUT2D eigenvalue weighted by Gasteiger charge is -2.16. The maximum Gasteiger partial charge on any atom is 0.191 e. The number of rotatable bonds is 6. The Morgan fingerprint density at radius 3 is 2.65 bits per heavy atom. The van der Waals surface area contributed by atoms with Crippen molar-refractivity contribution in [2.45, 2.75) is 26.2 Å². The normalized spacial score (nSPS) is 20.0. The van der Waals surface area contributed by atoms with Crippen molar-refractivity contribution >= 4 is 29.9 Å². The number of likely N-dealkylation sites (tertiary alicyclic amines) is 1. The molecule has 5 heteroatoms. The molecule has 0 radical (unpaired) electrons. The highest BCUT2D eigenvalue weighted by Crippen LogP contribution is 2.15. The molecule has 2 unspecified atom stereocenters. The molecule has 1 saturated heterocycles. The minimum atomic E-state index is 0. The number of benzene rings is 1. The highest BCUT2D eigenvalue weighted by molar-refractivity contribution is 14.0. The molecule has 130 valence electrons. The fourth-order valence-electron chi connectivity index (χ4n) is 2.89. The molecule has 1 aliphatic heterocycles. The standard InChI is InChI=1S/C18H30N4.HI/c1-4-19-18(21-13-16-10-11-22(3)14-16)20-12-15(2)17-8-6-5-7-9-17;/h5-9,15-16H,4,10-14H2,1-3H3,(H2,19,20,21);1H. The van der Waals surface area contributed by atoms with Gasteiger partial charge in [0.15, 0.2) is 5.96 Å². The van der Waals surface area contributed by atoms with Crippen LogP contribution in [-0.2, 0) is 0 Å². The van der Waals surface area contributed by atoms with E-state index in [0.717, 1.165) is 31.5 Å². The Labute approximate surface area is 158 Å². The predicted octanol–water partition coefficient (Wildman–Crippen LogP) is 2.91. The van der Waals surface area contributed by atoms with Crippen LogP contribution < -0.4 is 10.6 Å². The minimum absolute atomic E-state index is 0. The van der Waals surface area contributed by atoms with Crippen LogP contribution in [-0.4, -0.2) is 50.6 Å². The van der Waals surface area contributed by atoms with Gasteiger partial charge in [-0.2, -0.15) is 0 Å². The number of nitrogens with one attached hydrogen (secondary N) is 2. The van der Waals surface area contributed by atoms with Crippen molar-refractivity contribution in [1.29, 1.82) is 0 Å². The van der Waals surface area contributed by atoms with E-state index in [1.165, 1.54) is 25.1 Å². The van der Waals surface area contributed by atoms with E-state index in [1.54, 1.807) is 0 Å². The van der Waals surface area contributed by atoms with E-state index in [4.69, 9.17) is 4.99 Å². The molecule has 1 fully saturated rings. The average Bonchev–Trinajstić information content (AvgIpc) is 2.96. The second-order valence-corrected chi connectivity index (χ2v) is 6.33. The summed E-state index contributed by atoms with van der Waals surface area (Å²) in [5, 5.41) is 6.85. The van der Waals surface area contributed by atoms with Crippen molar-refractivity contribution in [2.75, 3.05) is 39.8 Å². The Morgan fingerprint density at radius 1 is 1.30 bits per heavy atom. The molecule has 1 aromatic carbocycles. The molecule has 0 amide bonds. The van der Waals surface area contributed by atoms with Crippen LogP contribution in [0.2, 0.25) is 0 Å². The molecule has 0 aromatic heterocycles. The molecule has 0 saturated carbocycles. The first-order chi connectivity index (χ1) is 10.7. The van der Waals surface area contributed by atoms with Gasteiger partial charge in [0.25, 0.3) is 0 Å². The smallest absolute Gasteiger partial charge is 0.191 e. The predicted molar refractivity (Wildman–Crippen MR) is 110 cm³/mol. The van der Waals surface area contributed by atoms with Gasteiger partial charge in [0, 0.05) is 32.1 Å². The second kappa shape index (κ2) is 10.9. The maximum atomic E-state index is 4.75. The summed E-state index contributed by atoms with van der Waals surface area (Å²) in [5.74, 6) is 2.12. The average molecular weight is 430 g/mol. The van der Waals surface area contributed by atoms with Gasteiger partial charge in [-0.25, -0.2) is 0 Å². The first-order valence-corrected chi connectivity index (χ1v) is 8.44. The van der Waals surface area contributed by atoms with Crippen LogP contribution in [0.15, 0.2) is 35.3 Å². The van der Waals surface area contributed by atoms with Crippen molar-refractivity contribution in [3.8, 4) is 0 Å². The molecule has 2 rings (SSSR count). The van der Waals surface area contributed by atoms with Crippen LogP contribution in [0.5, 0.6) is 0 Å². The van der Waals surface area contributed by atoms with Crippen LogP contribution in [0.3, 0.4) is 0 Å². The molecule has 1 aliphatic rings. The summed E-state index contributed by atoms with van der Waals surface area (Å²) in [5.41, 5.74) is 1.35. The molecular weight excluding hydrogens is 399 g/mol. The zero-order valence-corrected chi connectivity index (χ0v) is 16.9. The van der Waals surface area contributed by atoms with Gasteiger partial charge in [-0.1, -0.05) is 37.3 Å². The monoisotopic (exact) mass is 430 g/mol. The summed E-state index contributed by atoms with van der Waals surface area (Å²) in [7, 11) is 2.20. The first-order valence-electron chi connectivity index (χ1n) is 8.44. The van der Waals surface area contributed by atoms with Crippen molar-refractivity contribution in [3.63, 3.8) is 0 Å². The third kappa shape index (κ3) is 7.08. The third-order valence-electron chi connectivity index (χ3n) is 4.28. The summed E-state index contributed by atoms with van der Waals surface area (Å²) >= 11 is 0. The molecular formula is C18H31IN4. The van der Waals surface area contributed by atoms with Crippen molar-refractivity contribution in [2.24, 2.45) is 10.9 Å². The van der Waals surface area contributed by atoms with Crippen LogP contribution in [0.1, 0.15) is 31.7 Å². The highest BCUT2D eigenvalue weighted by atomic mass is 127. The second-order valence-electron chi connectivity index (χ2n) is 6.33. The summed E-state index contributed by atoms with van der Waals surface area (Å²) < 4.78 is 0. The van der Waals surface area contributed by atoms with Crippen LogP contribution in [0, 0.1) is 5.92 Å². The Balaban J connectivity index is 0.00000264. The quantitative estimate of drug-likeness (QED) is 0.414. The molecule has 23 heavy (non-hydrogen) atoms. The lowest BCUT2D eigenvalue weighted by Crippen LogP contribution is -2.40. The Hall–Kier alpha value is -0.820. The largest absolute Gasteiger partial charge is 0.357 e. The highest BCUT2D eigenvalue weighted by Gasteiger charge is 2.19. The van der Waals surface area contributed by atoms with Crippen LogP contribution in [0.25, 0.3) is 0 Å². The molecule has 1 heterocycles. The van der Waals surface area contributed by atoms with Crippen molar-refractivity contribution < 1.29 is 0 Å². The van der Waals surface area contributed by atoms with Gasteiger partial charge in [-0.3, -0.25) is 4.99 Å². The van der Waals surface area contributed by atoms with Gasteiger partial charge >= 0.3 is 0 Å². The van der Waals surface area contributed by atoms with E-state index < -0.39 is 0 Å². The Bertz CT molecular complexity index is 463. The van der Waals surface area contributed by atoms with E-state index in [2.05, 4.69) is 66.8 Å². The van der Waals surface area contributed by atoms with Gasteiger partial charge in [-0.05, 0) is 38.4 Å². The van der Waals surface area contributed by atoms with Gasteiger partial charge in [0.05, 0.1) is 0 Å². The van der Waals surface area contributed by atoms with Crippen molar-refractivity contribution in [3.05, 3.63) is 35.9 Å². The number of aliphatic imine (C=N–C) groups is 1. The molecule has 2 atom stereocenters. The molecule has 1 aromatic rings. The Kier molecular flexibility index (Phi) is 9.55. The lowest BCUT2D eigenvalue weighted by molar-refractivity contribution is 0.394. The number of guanidine groups is 1. The summed E-state index contributed by atoms with van der Waals surface area (Å²) in [6, 6.07) is 10.6. The number of hydrogen-bond acceptors (Lipinski definition) is 2. The van der Waals surface area contributed by atoms with Crippen molar-refractivity contribution in [1.82, 2.24) is 15.5 Å². The zero-order chi connectivity index (χ0) is 15.8. The molecule has 0 bridgehead atoms. The van der Waals surface area contributed by atoms with E-state index in [9.17, 15) is 0 Å². The van der Waals surface area contributed by atoms with Gasteiger partial charge in [-0.15, -0.1) is 24.0 Å². The lowest BCUT2D eigenvalue weighted by atomic mass is 10.0. The molecule has 2 N–H and O–H groups in total. The van der Waals surface area contributed by atoms with Gasteiger partial charge in [0.2, 0.25) is 0 Å². The topological polar surface area (TPSA) is 39.7 Å². The number of halogens is 1. The molecule has 4 nitrogen and oxygen atoms in total. The third-order valence-corrected chi connectivity index (χ3v) is 4.28. The SMILES string of the molecule is CCNC(=NCC(C)c1ccccc1)NCC1CCN(C)C1.I. The molecule has 0 spiro atoms. The minimum Gasteiger partial charge on any atom is -0.357 e. The number of hydrogen-bond donors (Lipinski definition) is 2. The zero-order valence-electron chi connectivity index (χ0n) is 14.6. The maximum absolute atomic E-state index is 4.75. The van der Waals surface area contributed by atoms with Gasteiger partial charge in [0.1, 0.15) is 0 Å². The first kappa shape index (κ1) is 20.2. The summed E-state index contributed by atoms with van der Waals surface area (Å²) in [4.78, 5) is 7.15. The van der Waals surface area contributed by atoms with Gasteiger partial charge < -0.3 is 15.5 Å². The fourth-order valence-corrected chi connectivity index (χ4v) is 2.89. The summed E-state index contributed by atoms with van der Waals surface area (Å²) in [6.45, 7) is 9.46.